The summed E-state index contributed by atoms with van der Waals surface area (Å²) in [7, 11) is 0. The maximum atomic E-state index is 13.4. The molecule has 0 aliphatic heterocycles. The lowest BCUT2D eigenvalue weighted by Gasteiger charge is -2.24. The van der Waals surface area contributed by atoms with Crippen LogP contribution in [-0.4, -0.2) is 12.6 Å². The number of halogens is 1. The van der Waals surface area contributed by atoms with Gasteiger partial charge in [0.25, 0.3) is 0 Å². The van der Waals surface area contributed by atoms with E-state index in [1.807, 2.05) is 6.92 Å². The lowest BCUT2D eigenvalue weighted by molar-refractivity contribution is 0.0459. The van der Waals surface area contributed by atoms with E-state index in [1.165, 1.54) is 31.4 Å². The summed E-state index contributed by atoms with van der Waals surface area (Å²) in [6.07, 6.45) is 4.65. The van der Waals surface area contributed by atoms with E-state index in [2.05, 4.69) is 0 Å². The maximum absolute atomic E-state index is 13.4. The van der Waals surface area contributed by atoms with Crippen LogP contribution in [0.2, 0.25) is 0 Å². The average molecular weight is 236 g/mol. The number of hydrogen-bond donors (Lipinski definition) is 0. The van der Waals surface area contributed by atoms with Gasteiger partial charge in [-0.1, -0.05) is 30.9 Å². The van der Waals surface area contributed by atoms with Crippen LogP contribution in [0.15, 0.2) is 18.2 Å². The first-order valence-electron chi connectivity index (χ1n) is 6.10. The van der Waals surface area contributed by atoms with E-state index >= 15 is 0 Å². The topological polar surface area (TPSA) is 26.3 Å². The van der Waals surface area contributed by atoms with Crippen LogP contribution in [0, 0.1) is 18.7 Å². The SMILES string of the molecule is Cc1ccc(F)c(C(=O)OCCC2CCC2)c1. The molecule has 3 heteroatoms. The van der Waals surface area contributed by atoms with Crippen LogP contribution in [-0.2, 0) is 4.74 Å². The van der Waals surface area contributed by atoms with Gasteiger partial charge >= 0.3 is 5.97 Å². The Hall–Kier alpha value is -1.38. The molecule has 92 valence electrons. The zero-order valence-corrected chi connectivity index (χ0v) is 10.0. The number of carbonyl (C=O) groups is 1. The Kier molecular flexibility index (Phi) is 3.77. The van der Waals surface area contributed by atoms with E-state index in [0.717, 1.165) is 12.0 Å². The molecule has 17 heavy (non-hydrogen) atoms. The molecule has 0 amide bonds. The van der Waals surface area contributed by atoms with Crippen LogP contribution < -0.4 is 0 Å². The van der Waals surface area contributed by atoms with Gasteiger partial charge in [-0.05, 0) is 31.4 Å². The van der Waals surface area contributed by atoms with Crippen molar-refractivity contribution in [3.8, 4) is 0 Å². The first-order valence-corrected chi connectivity index (χ1v) is 6.10. The minimum Gasteiger partial charge on any atom is -0.462 e. The molecular weight excluding hydrogens is 219 g/mol. The summed E-state index contributed by atoms with van der Waals surface area (Å²) in [6.45, 7) is 2.22. The Balaban J connectivity index is 1.87. The molecule has 0 atom stereocenters. The molecule has 1 fully saturated rings. The number of hydrogen-bond acceptors (Lipinski definition) is 2. The lowest BCUT2D eigenvalue weighted by atomic mass is 9.83. The predicted octanol–water partition coefficient (Wildman–Crippen LogP) is 3.48. The second-order valence-electron chi connectivity index (χ2n) is 4.70. The van der Waals surface area contributed by atoms with Gasteiger partial charge in [0, 0.05) is 0 Å². The van der Waals surface area contributed by atoms with Crippen molar-refractivity contribution in [3.63, 3.8) is 0 Å². The third kappa shape index (κ3) is 3.05. The molecule has 1 aromatic rings. The number of rotatable bonds is 4. The summed E-state index contributed by atoms with van der Waals surface area (Å²) >= 11 is 0. The first-order chi connectivity index (χ1) is 8.16. The quantitative estimate of drug-likeness (QED) is 0.748. The van der Waals surface area contributed by atoms with Crippen molar-refractivity contribution in [2.75, 3.05) is 6.61 Å². The fourth-order valence-electron chi connectivity index (χ4n) is 1.97. The molecule has 0 heterocycles. The number of ether oxygens (including phenoxy) is 1. The number of carbonyl (C=O) groups excluding carboxylic acids is 1. The molecule has 0 radical (unpaired) electrons. The van der Waals surface area contributed by atoms with Gasteiger partial charge < -0.3 is 4.74 Å². The Labute approximate surface area is 101 Å². The molecular formula is C14H17FO2. The Morgan fingerprint density at radius 1 is 1.47 bits per heavy atom. The maximum Gasteiger partial charge on any atom is 0.341 e. The second kappa shape index (κ2) is 5.30. The van der Waals surface area contributed by atoms with Gasteiger partial charge in [-0.25, -0.2) is 9.18 Å². The van der Waals surface area contributed by atoms with Crippen molar-refractivity contribution < 1.29 is 13.9 Å². The first kappa shape index (κ1) is 12.1. The van der Waals surface area contributed by atoms with Crippen molar-refractivity contribution in [3.05, 3.63) is 35.1 Å². The van der Waals surface area contributed by atoms with Crippen molar-refractivity contribution in [1.82, 2.24) is 0 Å². The molecule has 1 aromatic carbocycles. The summed E-state index contributed by atoms with van der Waals surface area (Å²) in [5.74, 6) is -0.361. The van der Waals surface area contributed by atoms with Crippen molar-refractivity contribution in [2.45, 2.75) is 32.6 Å². The third-order valence-electron chi connectivity index (χ3n) is 3.33. The van der Waals surface area contributed by atoms with Gasteiger partial charge in [0.2, 0.25) is 0 Å². The highest BCUT2D eigenvalue weighted by molar-refractivity contribution is 5.89. The zero-order chi connectivity index (χ0) is 12.3. The summed E-state index contributed by atoms with van der Waals surface area (Å²) in [6, 6.07) is 4.47. The number of benzene rings is 1. The van der Waals surface area contributed by atoms with E-state index in [9.17, 15) is 9.18 Å². The Bertz CT molecular complexity index is 411. The van der Waals surface area contributed by atoms with Gasteiger partial charge in [-0.3, -0.25) is 0 Å². The normalized spacial score (nSPS) is 15.4. The summed E-state index contributed by atoms with van der Waals surface area (Å²) in [5.41, 5.74) is 0.899. The summed E-state index contributed by atoms with van der Waals surface area (Å²) in [5, 5.41) is 0. The van der Waals surface area contributed by atoms with Crippen LogP contribution in [0.25, 0.3) is 0 Å². The predicted molar refractivity (Wildman–Crippen MR) is 63.4 cm³/mol. The minimum atomic E-state index is -0.550. The number of esters is 1. The molecule has 0 N–H and O–H groups in total. The molecule has 0 aromatic heterocycles. The molecule has 0 spiro atoms. The van der Waals surface area contributed by atoms with Crippen molar-refractivity contribution in [2.24, 2.45) is 5.92 Å². The van der Waals surface area contributed by atoms with Gasteiger partial charge in [-0.15, -0.1) is 0 Å². The van der Waals surface area contributed by atoms with Crippen LogP contribution in [0.4, 0.5) is 4.39 Å². The zero-order valence-electron chi connectivity index (χ0n) is 10.0. The molecule has 2 nitrogen and oxygen atoms in total. The summed E-state index contributed by atoms with van der Waals surface area (Å²) < 4.78 is 18.5. The van der Waals surface area contributed by atoms with Crippen LogP contribution in [0.1, 0.15) is 41.6 Å². The van der Waals surface area contributed by atoms with E-state index in [4.69, 9.17) is 4.74 Å². The molecule has 1 aliphatic carbocycles. The Morgan fingerprint density at radius 3 is 2.88 bits per heavy atom. The highest BCUT2D eigenvalue weighted by Gasteiger charge is 2.18. The van der Waals surface area contributed by atoms with Crippen molar-refractivity contribution >= 4 is 5.97 Å². The molecule has 0 unspecified atom stereocenters. The van der Waals surface area contributed by atoms with E-state index in [-0.39, 0.29) is 5.56 Å². The fraction of sp³-hybridized carbons (Fsp3) is 0.500. The Morgan fingerprint density at radius 2 is 2.24 bits per heavy atom. The molecule has 1 saturated carbocycles. The number of aryl methyl sites for hydroxylation is 1. The molecule has 1 aliphatic rings. The smallest absolute Gasteiger partial charge is 0.341 e. The second-order valence-corrected chi connectivity index (χ2v) is 4.70. The van der Waals surface area contributed by atoms with Gasteiger partial charge in [0.15, 0.2) is 0 Å². The van der Waals surface area contributed by atoms with Crippen molar-refractivity contribution in [1.29, 1.82) is 0 Å². The largest absolute Gasteiger partial charge is 0.462 e. The third-order valence-corrected chi connectivity index (χ3v) is 3.33. The molecule has 0 bridgehead atoms. The fourth-order valence-corrected chi connectivity index (χ4v) is 1.97. The van der Waals surface area contributed by atoms with Crippen LogP contribution in [0.5, 0.6) is 0 Å². The average Bonchev–Trinajstić information content (AvgIpc) is 2.25. The van der Waals surface area contributed by atoms with Crippen LogP contribution in [0.3, 0.4) is 0 Å². The van der Waals surface area contributed by atoms with Gasteiger partial charge in [-0.2, -0.15) is 0 Å². The van der Waals surface area contributed by atoms with E-state index in [1.54, 1.807) is 6.07 Å². The minimum absolute atomic E-state index is 0.0404. The van der Waals surface area contributed by atoms with E-state index in [0.29, 0.717) is 12.5 Å². The monoisotopic (exact) mass is 236 g/mol. The summed E-state index contributed by atoms with van der Waals surface area (Å²) in [4.78, 5) is 11.6. The van der Waals surface area contributed by atoms with Gasteiger partial charge in [0.1, 0.15) is 5.82 Å². The standard InChI is InChI=1S/C14H17FO2/c1-10-5-6-13(15)12(9-10)14(16)17-8-7-11-3-2-4-11/h5-6,9,11H,2-4,7-8H2,1H3. The molecule has 2 rings (SSSR count). The highest BCUT2D eigenvalue weighted by Crippen LogP contribution is 2.29. The van der Waals surface area contributed by atoms with Crippen LogP contribution >= 0.6 is 0 Å². The van der Waals surface area contributed by atoms with E-state index < -0.39 is 11.8 Å². The molecule has 0 saturated heterocycles. The lowest BCUT2D eigenvalue weighted by Crippen LogP contribution is -2.16. The highest BCUT2D eigenvalue weighted by atomic mass is 19.1. The van der Waals surface area contributed by atoms with Gasteiger partial charge in [0.05, 0.1) is 12.2 Å².